The predicted octanol–water partition coefficient (Wildman–Crippen LogP) is 2.67. The second-order valence-corrected chi connectivity index (χ2v) is 6.39. The molecule has 1 aromatic rings. The monoisotopic (exact) mass is 318 g/mol. The van der Waals surface area contributed by atoms with Crippen molar-refractivity contribution >= 4 is 11.6 Å². The number of nitrogens with one attached hydrogen (secondary N) is 2. The Balaban J connectivity index is 1.92. The quantitative estimate of drug-likeness (QED) is 0.877. The van der Waals surface area contributed by atoms with Crippen LogP contribution in [0.2, 0.25) is 0 Å². The third kappa shape index (κ3) is 5.08. The first-order chi connectivity index (χ1) is 10.9. The Kier molecular flexibility index (Phi) is 5.80. The number of rotatable bonds is 5. The van der Waals surface area contributed by atoms with Crippen LogP contribution in [0.4, 0.5) is 4.79 Å². The van der Waals surface area contributed by atoms with Crippen LogP contribution in [0.15, 0.2) is 30.8 Å². The summed E-state index contributed by atoms with van der Waals surface area (Å²) in [5.74, 6) is 0. The van der Waals surface area contributed by atoms with Gasteiger partial charge in [-0.1, -0.05) is 30.4 Å². The maximum absolute atomic E-state index is 12.2. The Labute approximate surface area is 138 Å². The fraction of sp³-hybridized carbons (Fsp3) is 0.500. The van der Waals surface area contributed by atoms with E-state index in [0.29, 0.717) is 26.4 Å². The summed E-state index contributed by atoms with van der Waals surface area (Å²) in [5, 5.41) is 5.85. The SMILES string of the molecule is C=C(C)c1cccc(C(C)(C)NC(=O)NC[C@@H]2COCCO2)c1. The summed E-state index contributed by atoms with van der Waals surface area (Å²) < 4.78 is 10.8. The summed E-state index contributed by atoms with van der Waals surface area (Å²) >= 11 is 0. The van der Waals surface area contributed by atoms with Gasteiger partial charge >= 0.3 is 6.03 Å². The summed E-state index contributed by atoms with van der Waals surface area (Å²) in [6.45, 7) is 12.0. The molecule has 0 bridgehead atoms. The van der Waals surface area contributed by atoms with E-state index in [-0.39, 0.29) is 12.1 Å². The number of amides is 2. The highest BCUT2D eigenvalue weighted by atomic mass is 16.6. The maximum atomic E-state index is 12.2. The molecule has 1 saturated heterocycles. The molecule has 0 radical (unpaired) electrons. The van der Waals surface area contributed by atoms with Crippen molar-refractivity contribution in [3.05, 3.63) is 42.0 Å². The Morgan fingerprint density at radius 1 is 1.39 bits per heavy atom. The van der Waals surface area contributed by atoms with Gasteiger partial charge in [0.1, 0.15) is 0 Å². The molecule has 0 spiro atoms. The topological polar surface area (TPSA) is 59.6 Å². The average molecular weight is 318 g/mol. The second kappa shape index (κ2) is 7.62. The van der Waals surface area contributed by atoms with E-state index in [1.54, 1.807) is 0 Å². The zero-order valence-electron chi connectivity index (χ0n) is 14.1. The predicted molar refractivity (Wildman–Crippen MR) is 91.3 cm³/mol. The largest absolute Gasteiger partial charge is 0.376 e. The van der Waals surface area contributed by atoms with Gasteiger partial charge in [-0.05, 0) is 38.0 Å². The molecule has 1 fully saturated rings. The minimum absolute atomic E-state index is 0.0793. The molecule has 0 aromatic heterocycles. The van der Waals surface area contributed by atoms with Crippen molar-refractivity contribution in [2.24, 2.45) is 0 Å². The number of carbonyl (C=O) groups is 1. The summed E-state index contributed by atoms with van der Waals surface area (Å²) in [6, 6.07) is 7.84. The molecule has 1 aromatic carbocycles. The number of hydrogen-bond acceptors (Lipinski definition) is 3. The first-order valence-electron chi connectivity index (χ1n) is 7.90. The van der Waals surface area contributed by atoms with Crippen LogP contribution >= 0.6 is 0 Å². The summed E-state index contributed by atoms with van der Waals surface area (Å²) in [6.07, 6.45) is -0.0793. The van der Waals surface area contributed by atoms with Crippen LogP contribution < -0.4 is 10.6 Å². The van der Waals surface area contributed by atoms with Crippen LogP contribution in [-0.2, 0) is 15.0 Å². The van der Waals surface area contributed by atoms with E-state index in [0.717, 1.165) is 16.7 Å². The van der Waals surface area contributed by atoms with Gasteiger partial charge in [0.2, 0.25) is 0 Å². The van der Waals surface area contributed by atoms with Gasteiger partial charge in [-0.3, -0.25) is 0 Å². The number of benzene rings is 1. The van der Waals surface area contributed by atoms with Crippen LogP contribution in [0.3, 0.4) is 0 Å². The number of urea groups is 1. The molecular formula is C18H26N2O3. The van der Waals surface area contributed by atoms with Crippen LogP contribution in [0.5, 0.6) is 0 Å². The van der Waals surface area contributed by atoms with E-state index in [1.807, 2.05) is 39.0 Å². The third-order valence-corrected chi connectivity index (χ3v) is 3.88. The third-order valence-electron chi connectivity index (χ3n) is 3.88. The first-order valence-corrected chi connectivity index (χ1v) is 7.90. The van der Waals surface area contributed by atoms with Gasteiger partial charge in [0.05, 0.1) is 31.5 Å². The van der Waals surface area contributed by atoms with E-state index in [9.17, 15) is 4.79 Å². The van der Waals surface area contributed by atoms with Crippen molar-refractivity contribution < 1.29 is 14.3 Å². The molecular weight excluding hydrogens is 292 g/mol. The molecule has 0 saturated carbocycles. The molecule has 1 atom stereocenters. The zero-order chi connectivity index (χ0) is 16.9. The van der Waals surface area contributed by atoms with Gasteiger partial charge in [-0.2, -0.15) is 0 Å². The van der Waals surface area contributed by atoms with Crippen molar-refractivity contribution in [2.45, 2.75) is 32.4 Å². The van der Waals surface area contributed by atoms with Gasteiger partial charge in [0, 0.05) is 6.54 Å². The molecule has 126 valence electrons. The summed E-state index contributed by atoms with van der Waals surface area (Å²) in [7, 11) is 0. The number of carbonyl (C=O) groups excluding carboxylic acids is 1. The lowest BCUT2D eigenvalue weighted by Crippen LogP contribution is -2.49. The highest BCUT2D eigenvalue weighted by Gasteiger charge is 2.24. The fourth-order valence-electron chi connectivity index (χ4n) is 2.43. The van der Waals surface area contributed by atoms with E-state index < -0.39 is 5.54 Å². The molecule has 1 aliphatic heterocycles. The van der Waals surface area contributed by atoms with E-state index in [1.165, 1.54) is 0 Å². The van der Waals surface area contributed by atoms with Crippen LogP contribution in [0, 0.1) is 0 Å². The van der Waals surface area contributed by atoms with E-state index in [4.69, 9.17) is 9.47 Å². The molecule has 2 N–H and O–H groups in total. The normalized spacial score (nSPS) is 18.3. The number of hydrogen-bond donors (Lipinski definition) is 2. The smallest absolute Gasteiger partial charge is 0.315 e. The lowest BCUT2D eigenvalue weighted by molar-refractivity contribution is -0.0854. The lowest BCUT2D eigenvalue weighted by Gasteiger charge is -2.29. The van der Waals surface area contributed by atoms with Crippen LogP contribution in [-0.4, -0.2) is 38.5 Å². The zero-order valence-corrected chi connectivity index (χ0v) is 14.1. The molecule has 23 heavy (non-hydrogen) atoms. The van der Waals surface area contributed by atoms with Crippen LogP contribution in [0.1, 0.15) is 31.9 Å². The number of ether oxygens (including phenoxy) is 2. The minimum atomic E-state index is -0.487. The van der Waals surface area contributed by atoms with Crippen molar-refractivity contribution in [2.75, 3.05) is 26.4 Å². The Morgan fingerprint density at radius 2 is 2.17 bits per heavy atom. The highest BCUT2D eigenvalue weighted by Crippen LogP contribution is 2.23. The van der Waals surface area contributed by atoms with Gasteiger partial charge in [0.25, 0.3) is 0 Å². The highest BCUT2D eigenvalue weighted by molar-refractivity contribution is 5.75. The van der Waals surface area contributed by atoms with E-state index in [2.05, 4.69) is 23.3 Å². The molecule has 1 heterocycles. The minimum Gasteiger partial charge on any atom is -0.376 e. The van der Waals surface area contributed by atoms with Gasteiger partial charge < -0.3 is 20.1 Å². The van der Waals surface area contributed by atoms with Crippen LogP contribution in [0.25, 0.3) is 5.57 Å². The Hall–Kier alpha value is -1.85. The second-order valence-electron chi connectivity index (χ2n) is 6.39. The van der Waals surface area contributed by atoms with Gasteiger partial charge in [-0.15, -0.1) is 0 Å². The summed E-state index contributed by atoms with van der Waals surface area (Å²) in [5.41, 5.74) is 2.62. The molecule has 1 aliphatic rings. The molecule has 2 amide bonds. The Morgan fingerprint density at radius 3 is 2.83 bits per heavy atom. The van der Waals surface area contributed by atoms with Gasteiger partial charge in [0.15, 0.2) is 0 Å². The number of allylic oxidation sites excluding steroid dienone is 1. The summed E-state index contributed by atoms with van der Waals surface area (Å²) in [4.78, 5) is 12.2. The molecule has 0 unspecified atom stereocenters. The van der Waals surface area contributed by atoms with E-state index >= 15 is 0 Å². The molecule has 5 nitrogen and oxygen atoms in total. The van der Waals surface area contributed by atoms with Crippen molar-refractivity contribution in [3.8, 4) is 0 Å². The molecule has 2 rings (SSSR count). The fourth-order valence-corrected chi connectivity index (χ4v) is 2.43. The van der Waals surface area contributed by atoms with Crippen molar-refractivity contribution in [3.63, 3.8) is 0 Å². The van der Waals surface area contributed by atoms with Crippen molar-refractivity contribution in [1.82, 2.24) is 10.6 Å². The Bertz CT molecular complexity index is 563. The molecule has 0 aliphatic carbocycles. The maximum Gasteiger partial charge on any atom is 0.315 e. The molecule has 5 heteroatoms. The van der Waals surface area contributed by atoms with Crippen molar-refractivity contribution in [1.29, 1.82) is 0 Å². The van der Waals surface area contributed by atoms with Gasteiger partial charge in [-0.25, -0.2) is 4.79 Å². The first kappa shape index (κ1) is 17.5. The average Bonchev–Trinajstić information content (AvgIpc) is 2.53. The standard InChI is InChI=1S/C18H26N2O3/c1-13(2)14-6-5-7-15(10-14)18(3,4)20-17(21)19-11-16-12-22-8-9-23-16/h5-7,10,16H,1,8-9,11-12H2,2-4H3,(H2,19,20,21)/t16-/m1/s1. The lowest BCUT2D eigenvalue weighted by atomic mass is 9.92.